The van der Waals surface area contributed by atoms with Gasteiger partial charge in [-0.1, -0.05) is 13.3 Å². The van der Waals surface area contributed by atoms with Gasteiger partial charge in [-0.25, -0.2) is 0 Å². The molecule has 1 aliphatic heterocycles. The monoisotopic (exact) mass is 307 g/mol. The lowest BCUT2D eigenvalue weighted by atomic mass is 9.87. The molecule has 1 aromatic heterocycles. The van der Waals surface area contributed by atoms with E-state index in [1.807, 2.05) is 4.90 Å². The molecule has 1 atom stereocenters. The first kappa shape index (κ1) is 15.0. The van der Waals surface area contributed by atoms with Crippen molar-refractivity contribution in [2.45, 2.75) is 45.4 Å². The first-order valence-electron chi connectivity index (χ1n) is 8.23. The zero-order chi connectivity index (χ0) is 14.8. The van der Waals surface area contributed by atoms with Crippen molar-refractivity contribution in [3.05, 3.63) is 21.4 Å². The molecule has 116 valence electrons. The van der Waals surface area contributed by atoms with Gasteiger partial charge in [0.15, 0.2) is 0 Å². The molecular weight excluding hydrogens is 282 g/mol. The lowest BCUT2D eigenvalue weighted by molar-refractivity contribution is 0.0655. The highest BCUT2D eigenvalue weighted by molar-refractivity contribution is 7.14. The first-order valence-corrected chi connectivity index (χ1v) is 9.04. The molecule has 3 rings (SSSR count). The zero-order valence-corrected chi connectivity index (χ0v) is 13.6. The minimum Gasteiger partial charge on any atom is -0.396 e. The number of amides is 1. The van der Waals surface area contributed by atoms with E-state index < -0.39 is 0 Å². The van der Waals surface area contributed by atoms with E-state index in [0.717, 1.165) is 49.6 Å². The van der Waals surface area contributed by atoms with Crippen molar-refractivity contribution in [2.75, 3.05) is 19.7 Å². The number of hydrogen-bond acceptors (Lipinski definition) is 3. The second kappa shape index (κ2) is 6.49. The van der Waals surface area contributed by atoms with E-state index in [2.05, 4.69) is 13.0 Å². The maximum Gasteiger partial charge on any atom is 0.263 e. The van der Waals surface area contributed by atoms with Crippen LogP contribution in [-0.2, 0) is 12.8 Å². The average Bonchev–Trinajstić information content (AvgIpc) is 2.97. The Labute approximate surface area is 131 Å². The van der Waals surface area contributed by atoms with Crippen molar-refractivity contribution in [1.29, 1.82) is 0 Å². The SMILES string of the molecule is CCC1CCc2sc(C(=O)N3CCC(CO)CC3)cc2C1. The number of nitrogens with zero attached hydrogens (tertiary/aromatic N) is 1. The number of carbonyl (C=O) groups is 1. The Morgan fingerprint density at radius 2 is 2.10 bits per heavy atom. The van der Waals surface area contributed by atoms with Crippen LogP contribution in [0, 0.1) is 11.8 Å². The molecule has 1 aromatic rings. The molecule has 21 heavy (non-hydrogen) atoms. The summed E-state index contributed by atoms with van der Waals surface area (Å²) < 4.78 is 0. The van der Waals surface area contributed by atoms with Crippen LogP contribution in [0.5, 0.6) is 0 Å². The van der Waals surface area contributed by atoms with E-state index in [1.165, 1.54) is 23.3 Å². The zero-order valence-electron chi connectivity index (χ0n) is 12.8. The topological polar surface area (TPSA) is 40.5 Å². The summed E-state index contributed by atoms with van der Waals surface area (Å²) in [4.78, 5) is 17.0. The number of likely N-dealkylation sites (tertiary alicyclic amines) is 1. The van der Waals surface area contributed by atoms with E-state index in [1.54, 1.807) is 11.3 Å². The number of rotatable bonds is 3. The average molecular weight is 307 g/mol. The van der Waals surface area contributed by atoms with E-state index in [0.29, 0.717) is 5.92 Å². The number of aliphatic hydroxyl groups excluding tert-OH is 1. The molecule has 0 bridgehead atoms. The van der Waals surface area contributed by atoms with Crippen molar-refractivity contribution in [3.63, 3.8) is 0 Å². The highest BCUT2D eigenvalue weighted by Gasteiger charge is 2.27. The molecule has 2 aliphatic rings. The van der Waals surface area contributed by atoms with E-state index in [-0.39, 0.29) is 12.5 Å². The largest absolute Gasteiger partial charge is 0.396 e. The minimum absolute atomic E-state index is 0.207. The molecular formula is C17H25NO2S. The molecule has 3 nitrogen and oxygen atoms in total. The highest BCUT2D eigenvalue weighted by atomic mass is 32.1. The van der Waals surface area contributed by atoms with Gasteiger partial charge in [0.1, 0.15) is 0 Å². The molecule has 1 N–H and O–H groups in total. The van der Waals surface area contributed by atoms with Gasteiger partial charge in [-0.05, 0) is 55.6 Å². The second-order valence-corrected chi connectivity index (χ2v) is 7.63. The Morgan fingerprint density at radius 3 is 2.76 bits per heavy atom. The summed E-state index contributed by atoms with van der Waals surface area (Å²) in [6, 6.07) is 2.16. The van der Waals surface area contributed by atoms with Gasteiger partial charge in [-0.2, -0.15) is 0 Å². The number of thiophene rings is 1. The van der Waals surface area contributed by atoms with Crippen molar-refractivity contribution < 1.29 is 9.90 Å². The summed E-state index contributed by atoms with van der Waals surface area (Å²) in [5.41, 5.74) is 1.42. The van der Waals surface area contributed by atoms with Crippen LogP contribution >= 0.6 is 11.3 Å². The van der Waals surface area contributed by atoms with Gasteiger partial charge in [-0.15, -0.1) is 11.3 Å². The Balaban J connectivity index is 1.67. The third kappa shape index (κ3) is 3.16. The molecule has 1 aliphatic carbocycles. The molecule has 1 unspecified atom stereocenters. The van der Waals surface area contributed by atoms with Crippen LogP contribution in [0.3, 0.4) is 0 Å². The van der Waals surface area contributed by atoms with Crippen LogP contribution in [0.15, 0.2) is 6.07 Å². The molecule has 4 heteroatoms. The Kier molecular flexibility index (Phi) is 4.65. The predicted octanol–water partition coefficient (Wildman–Crippen LogP) is 3.11. The second-order valence-electron chi connectivity index (χ2n) is 6.49. The maximum atomic E-state index is 12.6. The number of carbonyl (C=O) groups excluding carboxylic acids is 1. The Bertz CT molecular complexity index is 503. The van der Waals surface area contributed by atoms with Gasteiger partial charge in [0.2, 0.25) is 0 Å². The van der Waals surface area contributed by atoms with Gasteiger partial charge >= 0.3 is 0 Å². The molecule has 1 saturated heterocycles. The highest BCUT2D eigenvalue weighted by Crippen LogP contribution is 2.34. The summed E-state index contributed by atoms with van der Waals surface area (Å²) in [5, 5.41) is 9.19. The van der Waals surface area contributed by atoms with Gasteiger partial charge in [-0.3, -0.25) is 4.79 Å². The van der Waals surface area contributed by atoms with Gasteiger partial charge in [0.05, 0.1) is 4.88 Å². The lowest BCUT2D eigenvalue weighted by Gasteiger charge is -2.30. The van der Waals surface area contributed by atoms with Crippen LogP contribution in [0.2, 0.25) is 0 Å². The summed E-state index contributed by atoms with van der Waals surface area (Å²) >= 11 is 1.72. The fourth-order valence-electron chi connectivity index (χ4n) is 3.53. The molecule has 2 heterocycles. The summed E-state index contributed by atoms with van der Waals surface area (Å²) in [6.07, 6.45) is 6.70. The smallest absolute Gasteiger partial charge is 0.263 e. The number of hydrogen-bond donors (Lipinski definition) is 1. The van der Waals surface area contributed by atoms with Crippen molar-refractivity contribution >= 4 is 17.2 Å². The van der Waals surface area contributed by atoms with Gasteiger partial charge in [0.25, 0.3) is 5.91 Å². The van der Waals surface area contributed by atoms with Gasteiger partial charge in [0, 0.05) is 24.6 Å². The van der Waals surface area contributed by atoms with Crippen LogP contribution in [0.4, 0.5) is 0 Å². The number of piperidine rings is 1. The van der Waals surface area contributed by atoms with E-state index in [9.17, 15) is 9.90 Å². The lowest BCUT2D eigenvalue weighted by Crippen LogP contribution is -2.38. The van der Waals surface area contributed by atoms with E-state index in [4.69, 9.17) is 0 Å². The Hall–Kier alpha value is -0.870. The third-order valence-electron chi connectivity index (χ3n) is 5.13. The van der Waals surface area contributed by atoms with E-state index >= 15 is 0 Å². The normalized spacial score (nSPS) is 23.1. The quantitative estimate of drug-likeness (QED) is 0.932. The van der Waals surface area contributed by atoms with Crippen LogP contribution in [0.1, 0.15) is 52.7 Å². The predicted molar refractivity (Wildman–Crippen MR) is 85.8 cm³/mol. The molecule has 1 amide bonds. The van der Waals surface area contributed by atoms with Crippen LogP contribution in [0.25, 0.3) is 0 Å². The molecule has 0 spiro atoms. The molecule has 1 fully saturated rings. The maximum absolute atomic E-state index is 12.6. The standard InChI is InChI=1S/C17H25NO2S/c1-2-12-3-4-15-14(9-12)10-16(21-15)17(20)18-7-5-13(11-19)6-8-18/h10,12-13,19H,2-9,11H2,1H3. The first-order chi connectivity index (χ1) is 10.2. The van der Waals surface area contributed by atoms with Crippen molar-refractivity contribution in [3.8, 4) is 0 Å². The minimum atomic E-state index is 0.207. The summed E-state index contributed by atoms with van der Waals surface area (Å²) in [6.45, 7) is 4.11. The van der Waals surface area contributed by atoms with Crippen molar-refractivity contribution in [1.82, 2.24) is 4.90 Å². The Morgan fingerprint density at radius 1 is 1.33 bits per heavy atom. The number of fused-ring (bicyclic) bond motifs is 1. The van der Waals surface area contributed by atoms with Crippen molar-refractivity contribution in [2.24, 2.45) is 11.8 Å². The molecule has 0 radical (unpaired) electrons. The third-order valence-corrected chi connectivity index (χ3v) is 6.36. The number of aryl methyl sites for hydroxylation is 1. The molecule has 0 saturated carbocycles. The van der Waals surface area contributed by atoms with Crippen LogP contribution in [-0.4, -0.2) is 35.6 Å². The summed E-state index contributed by atoms with van der Waals surface area (Å²) in [7, 11) is 0. The molecule has 0 aromatic carbocycles. The van der Waals surface area contributed by atoms with Gasteiger partial charge < -0.3 is 10.0 Å². The summed E-state index contributed by atoms with van der Waals surface area (Å²) in [5.74, 6) is 1.39. The fourth-order valence-corrected chi connectivity index (χ4v) is 4.70. The fraction of sp³-hybridized carbons (Fsp3) is 0.706. The van der Waals surface area contributed by atoms with Crippen LogP contribution < -0.4 is 0 Å². The number of aliphatic hydroxyl groups is 1.